The van der Waals surface area contributed by atoms with Crippen molar-refractivity contribution in [2.75, 3.05) is 50.1 Å². The number of hydrogen-bond donors (Lipinski definition) is 1. The fourth-order valence-corrected chi connectivity index (χ4v) is 5.43. The lowest BCUT2D eigenvalue weighted by atomic mass is 9.95. The average Bonchev–Trinajstić information content (AvgIpc) is 3.16. The van der Waals surface area contributed by atoms with Gasteiger partial charge in [0.15, 0.2) is 0 Å². The Kier molecular flexibility index (Phi) is 6.49. The van der Waals surface area contributed by atoms with Crippen LogP contribution in [0.2, 0.25) is 0 Å². The Hall–Kier alpha value is -2.96. The summed E-state index contributed by atoms with van der Waals surface area (Å²) in [6, 6.07) is 5.61. The molecule has 0 bridgehead atoms. The molecule has 8 nitrogen and oxygen atoms in total. The second-order valence-electron chi connectivity index (χ2n) is 7.73. The average molecular weight is 440 g/mol. The highest BCUT2D eigenvalue weighted by Crippen LogP contribution is 2.38. The van der Waals surface area contributed by atoms with Gasteiger partial charge in [0, 0.05) is 37.3 Å². The molecule has 4 rings (SSSR count). The first-order valence-electron chi connectivity index (χ1n) is 10.4. The van der Waals surface area contributed by atoms with Gasteiger partial charge in [0.25, 0.3) is 0 Å². The van der Waals surface area contributed by atoms with Gasteiger partial charge in [-0.25, -0.2) is 9.78 Å². The first-order chi connectivity index (χ1) is 15.1. The van der Waals surface area contributed by atoms with Gasteiger partial charge >= 0.3 is 5.97 Å². The summed E-state index contributed by atoms with van der Waals surface area (Å²) in [4.78, 5) is 34.8. The topological polar surface area (TPSA) is 98.6 Å². The maximum atomic E-state index is 12.7. The third-order valence-electron chi connectivity index (χ3n) is 5.75. The summed E-state index contributed by atoms with van der Waals surface area (Å²) < 4.78 is 4.98. The molecule has 2 aliphatic rings. The van der Waals surface area contributed by atoms with E-state index in [2.05, 4.69) is 26.2 Å². The number of amides is 1. The maximum Gasteiger partial charge on any atom is 0.341 e. The van der Waals surface area contributed by atoms with Gasteiger partial charge in [-0.15, -0.1) is 11.3 Å². The number of hydrogen-bond acceptors (Lipinski definition) is 8. The number of nitriles is 1. The van der Waals surface area contributed by atoms with Crippen molar-refractivity contribution in [2.45, 2.75) is 25.7 Å². The van der Waals surface area contributed by atoms with Crippen LogP contribution in [0.15, 0.2) is 18.3 Å². The van der Waals surface area contributed by atoms with Crippen LogP contribution in [0, 0.1) is 11.3 Å². The van der Waals surface area contributed by atoms with E-state index >= 15 is 0 Å². The molecule has 1 aliphatic carbocycles. The van der Waals surface area contributed by atoms with Gasteiger partial charge in [-0.2, -0.15) is 5.26 Å². The highest BCUT2D eigenvalue weighted by Gasteiger charge is 2.27. The van der Waals surface area contributed by atoms with Crippen molar-refractivity contribution in [1.82, 2.24) is 9.88 Å². The van der Waals surface area contributed by atoms with Gasteiger partial charge in [-0.1, -0.05) is 0 Å². The number of aromatic nitrogens is 1. The van der Waals surface area contributed by atoms with Crippen LogP contribution in [0.5, 0.6) is 0 Å². The van der Waals surface area contributed by atoms with E-state index in [-0.39, 0.29) is 18.4 Å². The summed E-state index contributed by atoms with van der Waals surface area (Å²) in [5, 5.41) is 12.6. The number of ether oxygens (including phenoxy) is 1. The molecule has 0 atom stereocenters. The number of rotatable bonds is 5. The van der Waals surface area contributed by atoms with E-state index in [1.165, 1.54) is 23.3 Å². The van der Waals surface area contributed by atoms with Crippen LogP contribution in [-0.2, 0) is 22.4 Å². The van der Waals surface area contributed by atoms with Crippen LogP contribution in [-0.4, -0.2) is 61.6 Å². The summed E-state index contributed by atoms with van der Waals surface area (Å²) >= 11 is 1.50. The fraction of sp³-hybridized carbons (Fsp3) is 0.455. The van der Waals surface area contributed by atoms with Crippen LogP contribution in [0.3, 0.4) is 0 Å². The number of anilines is 2. The molecule has 1 aliphatic heterocycles. The molecule has 0 saturated carbocycles. The SMILES string of the molecule is COC(=O)c1c(NC(=O)CN2CCN(c3cc(C#N)ccn3)CC2)sc2c1CCCC2. The summed E-state index contributed by atoms with van der Waals surface area (Å²) in [6.07, 6.45) is 5.61. The summed E-state index contributed by atoms with van der Waals surface area (Å²) in [5.41, 5.74) is 2.16. The van der Waals surface area contributed by atoms with Crippen molar-refractivity contribution in [2.24, 2.45) is 0 Å². The van der Waals surface area contributed by atoms with Crippen LogP contribution >= 0.6 is 11.3 Å². The lowest BCUT2D eigenvalue weighted by Gasteiger charge is -2.35. The van der Waals surface area contributed by atoms with Crippen molar-refractivity contribution in [3.05, 3.63) is 39.9 Å². The largest absolute Gasteiger partial charge is 0.465 e. The molecule has 1 N–H and O–H groups in total. The molecule has 162 valence electrons. The van der Waals surface area contributed by atoms with E-state index in [4.69, 9.17) is 10.00 Å². The van der Waals surface area contributed by atoms with Crippen molar-refractivity contribution in [3.63, 3.8) is 0 Å². The summed E-state index contributed by atoms with van der Waals surface area (Å²) in [6.45, 7) is 3.17. The Morgan fingerprint density at radius 1 is 1.26 bits per heavy atom. The highest BCUT2D eigenvalue weighted by atomic mass is 32.1. The smallest absolute Gasteiger partial charge is 0.341 e. The van der Waals surface area contributed by atoms with Crippen LogP contribution in [0.25, 0.3) is 0 Å². The van der Waals surface area contributed by atoms with Gasteiger partial charge in [0.05, 0.1) is 30.9 Å². The first kappa shape index (κ1) is 21.3. The number of aryl methyl sites for hydroxylation is 1. The molecule has 1 saturated heterocycles. The number of thiophene rings is 1. The molecule has 1 amide bonds. The van der Waals surface area contributed by atoms with Crippen molar-refractivity contribution < 1.29 is 14.3 Å². The predicted octanol–water partition coefficient (Wildman–Crippen LogP) is 2.44. The number of esters is 1. The Labute approximate surface area is 185 Å². The van der Waals surface area contributed by atoms with E-state index in [0.717, 1.165) is 63.2 Å². The Morgan fingerprint density at radius 3 is 2.77 bits per heavy atom. The quantitative estimate of drug-likeness (QED) is 0.715. The fourth-order valence-electron chi connectivity index (χ4n) is 4.14. The molecule has 0 radical (unpaired) electrons. The normalized spacial score (nSPS) is 16.3. The molecule has 0 spiro atoms. The molecular formula is C22H25N5O3S. The Balaban J connectivity index is 1.36. The highest BCUT2D eigenvalue weighted by molar-refractivity contribution is 7.17. The Morgan fingerprint density at radius 2 is 2.03 bits per heavy atom. The summed E-state index contributed by atoms with van der Waals surface area (Å²) in [5.74, 6) is 0.284. The number of methoxy groups -OCH3 is 1. The minimum absolute atomic E-state index is 0.123. The predicted molar refractivity (Wildman–Crippen MR) is 119 cm³/mol. The first-order valence-corrected chi connectivity index (χ1v) is 11.3. The maximum absolute atomic E-state index is 12.7. The lowest BCUT2D eigenvalue weighted by molar-refractivity contribution is -0.117. The zero-order chi connectivity index (χ0) is 21.8. The van der Waals surface area contributed by atoms with Crippen molar-refractivity contribution in [1.29, 1.82) is 5.26 Å². The Bertz CT molecular complexity index is 1020. The van der Waals surface area contributed by atoms with Gasteiger partial charge < -0.3 is 15.0 Å². The number of fused-ring (bicyclic) bond motifs is 1. The van der Waals surface area contributed by atoms with E-state index in [0.29, 0.717) is 16.1 Å². The third kappa shape index (κ3) is 4.70. The molecule has 2 aromatic rings. The second kappa shape index (κ2) is 9.45. The van der Waals surface area contributed by atoms with E-state index in [1.54, 1.807) is 18.3 Å². The standard InChI is InChI=1S/C22H25N5O3S/c1-30-22(29)20-16-4-2-3-5-17(16)31-21(20)25-19(28)14-26-8-10-27(11-9-26)18-12-15(13-23)6-7-24-18/h6-7,12H,2-5,8-11,14H2,1H3,(H,25,28). The van der Waals surface area contributed by atoms with Gasteiger partial charge in [-0.3, -0.25) is 9.69 Å². The van der Waals surface area contributed by atoms with Crippen molar-refractivity contribution in [3.8, 4) is 6.07 Å². The van der Waals surface area contributed by atoms with Gasteiger partial charge in [0.2, 0.25) is 5.91 Å². The second-order valence-corrected chi connectivity index (χ2v) is 8.84. The number of carbonyl (C=O) groups is 2. The molecular weight excluding hydrogens is 414 g/mol. The van der Waals surface area contributed by atoms with Gasteiger partial charge in [-0.05, 0) is 43.4 Å². The number of piperazine rings is 1. The number of carbonyl (C=O) groups excluding carboxylic acids is 2. The number of nitrogens with zero attached hydrogens (tertiary/aromatic N) is 4. The number of pyridine rings is 1. The van der Waals surface area contributed by atoms with E-state index in [1.807, 2.05) is 0 Å². The van der Waals surface area contributed by atoms with E-state index in [9.17, 15) is 9.59 Å². The van der Waals surface area contributed by atoms with Crippen molar-refractivity contribution >= 4 is 34.0 Å². The minimum Gasteiger partial charge on any atom is -0.465 e. The monoisotopic (exact) mass is 439 g/mol. The van der Waals surface area contributed by atoms with Gasteiger partial charge in [0.1, 0.15) is 10.8 Å². The zero-order valence-electron chi connectivity index (χ0n) is 17.5. The van der Waals surface area contributed by atoms with Crippen LogP contribution in [0.4, 0.5) is 10.8 Å². The minimum atomic E-state index is -0.379. The molecule has 1 fully saturated rings. The molecule has 31 heavy (non-hydrogen) atoms. The van der Waals surface area contributed by atoms with Crippen LogP contribution in [0.1, 0.15) is 39.2 Å². The molecule has 0 aromatic carbocycles. The van der Waals surface area contributed by atoms with Crippen LogP contribution < -0.4 is 10.2 Å². The molecule has 2 aromatic heterocycles. The molecule has 3 heterocycles. The number of nitrogens with one attached hydrogen (secondary N) is 1. The third-order valence-corrected chi connectivity index (χ3v) is 6.96. The molecule has 0 unspecified atom stereocenters. The zero-order valence-corrected chi connectivity index (χ0v) is 18.3. The van der Waals surface area contributed by atoms with E-state index < -0.39 is 0 Å². The summed E-state index contributed by atoms with van der Waals surface area (Å²) in [7, 11) is 1.38. The molecule has 9 heteroatoms. The lowest BCUT2D eigenvalue weighted by Crippen LogP contribution is -2.49.